The van der Waals surface area contributed by atoms with Crippen LogP contribution in [-0.2, 0) is 4.79 Å². The van der Waals surface area contributed by atoms with Gasteiger partial charge in [0.1, 0.15) is 28.7 Å². The van der Waals surface area contributed by atoms with Gasteiger partial charge >= 0.3 is 0 Å². The number of aromatic nitrogens is 4. The molecule has 4 N–H and O–H groups in total. The summed E-state index contributed by atoms with van der Waals surface area (Å²) in [7, 11) is 0. The number of nitrogens with one attached hydrogen (secondary N) is 2. The van der Waals surface area contributed by atoms with E-state index < -0.39 is 6.04 Å². The Labute approximate surface area is 184 Å². The molecule has 0 bridgehead atoms. The lowest BCUT2D eigenvalue weighted by atomic mass is 10.1. The van der Waals surface area contributed by atoms with Crippen molar-refractivity contribution in [2.45, 2.75) is 13.0 Å². The Balaban J connectivity index is 1.68. The van der Waals surface area contributed by atoms with Crippen LogP contribution in [0.3, 0.4) is 0 Å². The van der Waals surface area contributed by atoms with Crippen molar-refractivity contribution in [1.29, 1.82) is 0 Å². The van der Waals surface area contributed by atoms with Crippen LogP contribution in [-0.4, -0.2) is 31.2 Å². The fourth-order valence-corrected chi connectivity index (χ4v) is 3.34. The zero-order valence-corrected chi connectivity index (χ0v) is 17.3. The molecule has 0 unspecified atom stereocenters. The van der Waals surface area contributed by atoms with E-state index in [9.17, 15) is 9.59 Å². The van der Waals surface area contributed by atoms with Crippen molar-refractivity contribution < 1.29 is 9.59 Å². The Hall–Kier alpha value is -4.53. The highest BCUT2D eigenvalue weighted by atomic mass is 16.2. The predicted molar refractivity (Wildman–Crippen MR) is 122 cm³/mol. The van der Waals surface area contributed by atoms with E-state index in [0.717, 1.165) is 5.56 Å². The van der Waals surface area contributed by atoms with Crippen LogP contribution in [0.5, 0.6) is 0 Å². The first kappa shape index (κ1) is 20.7. The summed E-state index contributed by atoms with van der Waals surface area (Å²) in [4.78, 5) is 37.3. The molecule has 1 atom stereocenters. The van der Waals surface area contributed by atoms with Gasteiger partial charge < -0.3 is 16.4 Å². The number of nitrogen functional groups attached to an aromatic ring is 1. The second-order valence-corrected chi connectivity index (χ2v) is 7.03. The number of pyridine rings is 1. The second kappa shape index (κ2) is 8.68. The number of nitrogens with two attached hydrogens (primary N) is 1. The lowest BCUT2D eigenvalue weighted by molar-refractivity contribution is -0.117. The first-order valence-electron chi connectivity index (χ1n) is 9.86. The van der Waals surface area contributed by atoms with Crippen LogP contribution in [0.1, 0.15) is 29.1 Å². The van der Waals surface area contributed by atoms with Gasteiger partial charge in [-0.15, -0.1) is 0 Å². The molecule has 0 aliphatic carbocycles. The van der Waals surface area contributed by atoms with Gasteiger partial charge in [-0.1, -0.05) is 24.8 Å². The molecule has 0 spiro atoms. The standard InChI is InChI=1S/C23H21N7O2/c1-3-18(31)27-14(2)22-29-19(20-21(24)26-12-13-30(20)22)15-7-9-16(10-8-15)23(32)28-17-6-4-5-11-25-17/h3-14H,1H2,2H3,(H2,24,26)(H,27,31)(H,25,28,32)/t14-/m0/s1. The molecular weight excluding hydrogens is 406 g/mol. The van der Waals surface area contributed by atoms with E-state index in [2.05, 4.69) is 27.2 Å². The Bertz CT molecular complexity index is 1300. The van der Waals surface area contributed by atoms with E-state index in [1.807, 2.05) is 6.92 Å². The number of carbonyl (C=O) groups excluding carboxylic acids is 2. The van der Waals surface area contributed by atoms with Gasteiger partial charge in [-0.2, -0.15) is 0 Å². The Morgan fingerprint density at radius 2 is 1.91 bits per heavy atom. The van der Waals surface area contributed by atoms with Crippen LogP contribution in [0.4, 0.5) is 11.6 Å². The minimum atomic E-state index is -0.396. The highest BCUT2D eigenvalue weighted by molar-refractivity contribution is 6.04. The topological polar surface area (TPSA) is 127 Å². The number of imidazole rings is 1. The van der Waals surface area contributed by atoms with Crippen molar-refractivity contribution in [2.24, 2.45) is 0 Å². The van der Waals surface area contributed by atoms with Crippen LogP contribution < -0.4 is 16.4 Å². The number of benzene rings is 1. The predicted octanol–water partition coefficient (Wildman–Crippen LogP) is 2.99. The van der Waals surface area contributed by atoms with Gasteiger partial charge in [0.05, 0.1) is 6.04 Å². The Morgan fingerprint density at radius 3 is 2.59 bits per heavy atom. The third-order valence-electron chi connectivity index (χ3n) is 4.87. The van der Waals surface area contributed by atoms with Crippen LogP contribution in [0.25, 0.3) is 16.8 Å². The number of carbonyl (C=O) groups is 2. The van der Waals surface area contributed by atoms with Crippen LogP contribution >= 0.6 is 0 Å². The maximum atomic E-state index is 12.5. The summed E-state index contributed by atoms with van der Waals surface area (Å²) in [5.41, 5.74) is 8.60. The molecule has 2 amide bonds. The molecule has 4 rings (SSSR count). The smallest absolute Gasteiger partial charge is 0.256 e. The van der Waals surface area contributed by atoms with Gasteiger partial charge in [0, 0.05) is 29.7 Å². The van der Waals surface area contributed by atoms with Crippen molar-refractivity contribution in [1.82, 2.24) is 24.7 Å². The molecule has 0 aliphatic heterocycles. The summed E-state index contributed by atoms with van der Waals surface area (Å²) in [6.07, 6.45) is 6.13. The van der Waals surface area contributed by atoms with Crippen LogP contribution in [0, 0.1) is 0 Å². The first-order valence-corrected chi connectivity index (χ1v) is 9.86. The minimum Gasteiger partial charge on any atom is -0.382 e. The average molecular weight is 427 g/mol. The molecule has 0 radical (unpaired) electrons. The van der Waals surface area contributed by atoms with E-state index in [0.29, 0.717) is 34.2 Å². The molecule has 3 aromatic heterocycles. The van der Waals surface area contributed by atoms with E-state index in [1.165, 1.54) is 6.08 Å². The molecule has 0 fully saturated rings. The number of anilines is 2. The third-order valence-corrected chi connectivity index (χ3v) is 4.87. The number of amides is 2. The molecule has 0 saturated heterocycles. The highest BCUT2D eigenvalue weighted by Crippen LogP contribution is 2.30. The van der Waals surface area contributed by atoms with Crippen molar-refractivity contribution in [3.63, 3.8) is 0 Å². The van der Waals surface area contributed by atoms with Crippen molar-refractivity contribution in [3.8, 4) is 11.3 Å². The lowest BCUT2D eigenvalue weighted by Gasteiger charge is -2.11. The zero-order valence-electron chi connectivity index (χ0n) is 17.3. The maximum absolute atomic E-state index is 12.5. The van der Waals surface area contributed by atoms with E-state index in [1.54, 1.807) is 65.5 Å². The number of hydrogen-bond donors (Lipinski definition) is 3. The third kappa shape index (κ3) is 4.04. The highest BCUT2D eigenvalue weighted by Gasteiger charge is 2.20. The van der Waals surface area contributed by atoms with Crippen LogP contribution in [0.2, 0.25) is 0 Å². The van der Waals surface area contributed by atoms with Crippen molar-refractivity contribution >= 4 is 29.0 Å². The zero-order chi connectivity index (χ0) is 22.7. The quantitative estimate of drug-likeness (QED) is 0.406. The SMILES string of the molecule is C=CC(=O)N[C@@H](C)c1nc(-c2ccc(C(=O)Nc3ccccn3)cc2)c2c(N)nccn12. The fourth-order valence-electron chi connectivity index (χ4n) is 3.34. The summed E-state index contributed by atoms with van der Waals surface area (Å²) in [5.74, 6) is 0.797. The lowest BCUT2D eigenvalue weighted by Crippen LogP contribution is -2.26. The molecule has 160 valence electrons. The first-order chi connectivity index (χ1) is 15.5. The van der Waals surface area contributed by atoms with Gasteiger partial charge in [-0.25, -0.2) is 15.0 Å². The van der Waals surface area contributed by atoms with Gasteiger partial charge in [0.15, 0.2) is 0 Å². The summed E-state index contributed by atoms with van der Waals surface area (Å²) >= 11 is 0. The summed E-state index contributed by atoms with van der Waals surface area (Å²) in [5, 5.41) is 5.56. The van der Waals surface area contributed by atoms with Gasteiger partial charge in [-0.3, -0.25) is 14.0 Å². The second-order valence-electron chi connectivity index (χ2n) is 7.03. The van der Waals surface area contributed by atoms with Crippen molar-refractivity contribution in [3.05, 3.63) is 85.1 Å². The van der Waals surface area contributed by atoms with Gasteiger partial charge in [-0.05, 0) is 37.3 Å². The molecule has 9 heteroatoms. The number of rotatable bonds is 6. The average Bonchev–Trinajstić information content (AvgIpc) is 3.21. The van der Waals surface area contributed by atoms with Gasteiger partial charge in [0.2, 0.25) is 5.91 Å². The minimum absolute atomic E-state index is 0.271. The number of fused-ring (bicyclic) bond motifs is 1. The fraction of sp³-hybridized carbons (Fsp3) is 0.0870. The van der Waals surface area contributed by atoms with Gasteiger partial charge in [0.25, 0.3) is 5.91 Å². The van der Waals surface area contributed by atoms with E-state index >= 15 is 0 Å². The number of hydrogen-bond acceptors (Lipinski definition) is 6. The maximum Gasteiger partial charge on any atom is 0.256 e. The largest absolute Gasteiger partial charge is 0.382 e. The molecule has 9 nitrogen and oxygen atoms in total. The van der Waals surface area contributed by atoms with Crippen LogP contribution in [0.15, 0.2) is 73.7 Å². The Kier molecular flexibility index (Phi) is 5.63. The normalized spacial score (nSPS) is 11.7. The molecule has 1 aromatic carbocycles. The molecule has 3 heterocycles. The van der Waals surface area contributed by atoms with Crippen molar-refractivity contribution in [2.75, 3.05) is 11.1 Å². The molecule has 0 aliphatic rings. The molecule has 32 heavy (non-hydrogen) atoms. The molecular formula is C23H21N7O2. The summed E-state index contributed by atoms with van der Waals surface area (Å²) < 4.78 is 1.80. The molecule has 0 saturated carbocycles. The monoisotopic (exact) mass is 427 g/mol. The number of nitrogens with zero attached hydrogens (tertiary/aromatic N) is 4. The summed E-state index contributed by atoms with van der Waals surface area (Å²) in [6, 6.07) is 11.9. The van der Waals surface area contributed by atoms with E-state index in [-0.39, 0.29) is 11.8 Å². The Morgan fingerprint density at radius 1 is 1.12 bits per heavy atom. The molecule has 4 aromatic rings. The van der Waals surface area contributed by atoms with E-state index in [4.69, 9.17) is 10.7 Å². The summed E-state index contributed by atoms with van der Waals surface area (Å²) in [6.45, 7) is 5.30.